The molecule has 0 fully saturated rings. The van der Waals surface area contributed by atoms with Crippen LogP contribution in [0.1, 0.15) is 23.1 Å². The molecule has 7 heteroatoms. The highest BCUT2D eigenvalue weighted by molar-refractivity contribution is 7.98. The zero-order valence-electron chi connectivity index (χ0n) is 17.1. The topological polar surface area (TPSA) is 72.7 Å². The third-order valence-corrected chi connectivity index (χ3v) is 6.16. The van der Waals surface area contributed by atoms with Gasteiger partial charge in [0.05, 0.1) is 0 Å². The van der Waals surface area contributed by atoms with E-state index in [2.05, 4.69) is 47.2 Å². The summed E-state index contributed by atoms with van der Waals surface area (Å²) in [5, 5.41) is 0.756. The van der Waals surface area contributed by atoms with E-state index in [-0.39, 0.29) is 5.56 Å². The first-order valence-corrected chi connectivity index (χ1v) is 10.9. The highest BCUT2D eigenvalue weighted by Gasteiger charge is 2.17. The molecular weight excluding hydrogens is 396 g/mol. The number of hydrogen-bond acceptors (Lipinski definition) is 4. The van der Waals surface area contributed by atoms with Crippen LogP contribution in [0.3, 0.4) is 0 Å². The van der Waals surface area contributed by atoms with Gasteiger partial charge in [-0.3, -0.25) is 14.3 Å². The molecule has 6 nitrogen and oxygen atoms in total. The Bertz CT molecular complexity index is 1290. The summed E-state index contributed by atoms with van der Waals surface area (Å²) in [4.78, 5) is 31.7. The van der Waals surface area contributed by atoms with Crippen LogP contribution < -0.4 is 11.2 Å². The summed E-state index contributed by atoms with van der Waals surface area (Å²) >= 11 is 1.59. The molecule has 2 aromatic carbocycles. The Kier molecular flexibility index (Phi) is 5.90. The Morgan fingerprint density at radius 1 is 1.03 bits per heavy atom. The Balaban J connectivity index is 1.66. The fourth-order valence-corrected chi connectivity index (χ4v) is 4.53. The lowest BCUT2D eigenvalue weighted by atomic mass is 10.1. The molecule has 0 saturated heterocycles. The first kappa shape index (κ1) is 20.2. The molecular formula is C23H24N4O2S. The molecule has 0 aliphatic rings. The predicted molar refractivity (Wildman–Crippen MR) is 121 cm³/mol. The van der Waals surface area contributed by atoms with Crippen molar-refractivity contribution in [2.24, 2.45) is 7.05 Å². The number of thioether (sulfide) groups is 1. The highest BCUT2D eigenvalue weighted by atomic mass is 32.2. The molecule has 30 heavy (non-hydrogen) atoms. The molecule has 0 atom stereocenters. The van der Waals surface area contributed by atoms with Gasteiger partial charge in [0, 0.05) is 19.3 Å². The molecule has 2 aromatic heterocycles. The fourth-order valence-electron chi connectivity index (χ4n) is 3.57. The Labute approximate surface area is 178 Å². The third-order valence-electron chi connectivity index (χ3n) is 5.11. The SMILES string of the molecule is Cc1cccc(CSc2nc3c(c(=O)[nH]c(=O)n3C)n2CCCc2ccccc2)c1. The number of fused-ring (bicyclic) bond motifs is 1. The number of imidazole rings is 1. The van der Waals surface area contributed by atoms with E-state index in [9.17, 15) is 9.59 Å². The molecule has 0 radical (unpaired) electrons. The van der Waals surface area contributed by atoms with Crippen LogP contribution in [0.4, 0.5) is 0 Å². The highest BCUT2D eigenvalue weighted by Crippen LogP contribution is 2.26. The number of rotatable bonds is 7. The monoisotopic (exact) mass is 420 g/mol. The smallest absolute Gasteiger partial charge is 0.313 e. The zero-order chi connectivity index (χ0) is 21.1. The molecule has 0 saturated carbocycles. The fraction of sp³-hybridized carbons (Fsp3) is 0.261. The Hall–Kier alpha value is -3.06. The van der Waals surface area contributed by atoms with Crippen LogP contribution in [0.15, 0.2) is 69.3 Å². The second kappa shape index (κ2) is 8.75. The van der Waals surface area contributed by atoms with Gasteiger partial charge in [0.15, 0.2) is 16.3 Å². The normalized spacial score (nSPS) is 11.3. The summed E-state index contributed by atoms with van der Waals surface area (Å²) in [7, 11) is 1.64. The summed E-state index contributed by atoms with van der Waals surface area (Å²) < 4.78 is 3.36. The van der Waals surface area contributed by atoms with E-state index in [0.717, 1.165) is 23.8 Å². The maximum absolute atomic E-state index is 12.6. The van der Waals surface area contributed by atoms with Crippen molar-refractivity contribution in [3.05, 3.63) is 92.1 Å². The molecule has 0 aliphatic heterocycles. The van der Waals surface area contributed by atoms with Crippen LogP contribution in [-0.2, 0) is 25.8 Å². The minimum atomic E-state index is -0.448. The quantitative estimate of drug-likeness (QED) is 0.463. The Morgan fingerprint density at radius 2 is 1.80 bits per heavy atom. The molecule has 0 unspecified atom stereocenters. The number of H-pyrrole nitrogens is 1. The van der Waals surface area contributed by atoms with Gasteiger partial charge in [-0.2, -0.15) is 0 Å². The van der Waals surface area contributed by atoms with Crippen molar-refractivity contribution in [1.29, 1.82) is 0 Å². The van der Waals surface area contributed by atoms with E-state index in [0.29, 0.717) is 17.7 Å². The largest absolute Gasteiger partial charge is 0.329 e. The van der Waals surface area contributed by atoms with Crippen molar-refractivity contribution in [1.82, 2.24) is 19.1 Å². The number of hydrogen-bond donors (Lipinski definition) is 1. The average Bonchev–Trinajstić information content (AvgIpc) is 3.11. The van der Waals surface area contributed by atoms with Crippen molar-refractivity contribution < 1.29 is 0 Å². The molecule has 0 amide bonds. The van der Waals surface area contributed by atoms with E-state index in [1.54, 1.807) is 18.8 Å². The minimum absolute atomic E-state index is 0.386. The van der Waals surface area contributed by atoms with Crippen LogP contribution in [0.25, 0.3) is 11.2 Å². The van der Waals surface area contributed by atoms with Gasteiger partial charge in [-0.1, -0.05) is 71.9 Å². The second-order valence-corrected chi connectivity index (χ2v) is 8.35. The molecule has 4 rings (SSSR count). The number of benzene rings is 2. The number of nitrogens with zero attached hydrogens (tertiary/aromatic N) is 3. The molecule has 2 heterocycles. The molecule has 0 aliphatic carbocycles. The van der Waals surface area contributed by atoms with E-state index < -0.39 is 5.69 Å². The minimum Gasteiger partial charge on any atom is -0.313 e. The Morgan fingerprint density at radius 3 is 2.57 bits per heavy atom. The van der Waals surface area contributed by atoms with Gasteiger partial charge in [0.1, 0.15) is 0 Å². The summed E-state index contributed by atoms with van der Waals surface area (Å²) in [6.07, 6.45) is 1.78. The first-order valence-electron chi connectivity index (χ1n) is 9.95. The van der Waals surface area contributed by atoms with Gasteiger partial charge in [-0.15, -0.1) is 0 Å². The van der Waals surface area contributed by atoms with Gasteiger partial charge in [-0.05, 0) is 30.9 Å². The van der Waals surface area contributed by atoms with Crippen LogP contribution in [0, 0.1) is 6.92 Å². The number of aromatic nitrogens is 4. The van der Waals surface area contributed by atoms with Crippen molar-refractivity contribution in [3.63, 3.8) is 0 Å². The lowest BCUT2D eigenvalue weighted by Crippen LogP contribution is -2.29. The van der Waals surface area contributed by atoms with Crippen LogP contribution >= 0.6 is 11.8 Å². The van der Waals surface area contributed by atoms with Crippen LogP contribution in [0.5, 0.6) is 0 Å². The molecule has 4 aromatic rings. The standard InChI is InChI=1S/C23H24N4O2S/c1-16-8-6-11-18(14-16)15-30-23-24-20-19(21(28)25-22(29)26(20)2)27(23)13-7-12-17-9-4-3-5-10-17/h3-6,8-11,14H,7,12-13,15H2,1-2H3,(H,25,28,29). The number of nitrogens with one attached hydrogen (secondary N) is 1. The van der Waals surface area contributed by atoms with Gasteiger partial charge in [0.25, 0.3) is 5.56 Å². The van der Waals surface area contributed by atoms with Crippen LogP contribution in [0.2, 0.25) is 0 Å². The molecule has 154 valence electrons. The summed E-state index contributed by atoms with van der Waals surface area (Å²) in [6, 6.07) is 18.6. The summed E-state index contributed by atoms with van der Waals surface area (Å²) in [5.41, 5.74) is 3.72. The van der Waals surface area contributed by atoms with E-state index >= 15 is 0 Å². The van der Waals surface area contributed by atoms with Gasteiger partial charge >= 0.3 is 5.69 Å². The number of aryl methyl sites for hydroxylation is 4. The molecule has 0 bridgehead atoms. The zero-order valence-corrected chi connectivity index (χ0v) is 17.9. The maximum Gasteiger partial charge on any atom is 0.329 e. The van der Waals surface area contributed by atoms with Crippen molar-refractivity contribution in [2.75, 3.05) is 0 Å². The molecule has 1 N–H and O–H groups in total. The summed E-state index contributed by atoms with van der Waals surface area (Å²) in [6.45, 7) is 2.73. The van der Waals surface area contributed by atoms with Gasteiger partial charge in [-0.25, -0.2) is 9.78 Å². The molecule has 0 spiro atoms. The third kappa shape index (κ3) is 4.26. The van der Waals surface area contributed by atoms with Crippen molar-refractivity contribution in [3.8, 4) is 0 Å². The average molecular weight is 421 g/mol. The lowest BCUT2D eigenvalue weighted by Gasteiger charge is -2.09. The first-order chi connectivity index (χ1) is 14.5. The van der Waals surface area contributed by atoms with E-state index in [1.807, 2.05) is 28.8 Å². The van der Waals surface area contributed by atoms with Crippen molar-refractivity contribution in [2.45, 2.75) is 37.2 Å². The van der Waals surface area contributed by atoms with Crippen molar-refractivity contribution >= 4 is 22.9 Å². The van der Waals surface area contributed by atoms with E-state index in [1.165, 1.54) is 21.3 Å². The van der Waals surface area contributed by atoms with E-state index in [4.69, 9.17) is 0 Å². The van der Waals surface area contributed by atoms with Gasteiger partial charge in [0.2, 0.25) is 0 Å². The van der Waals surface area contributed by atoms with Crippen LogP contribution in [-0.4, -0.2) is 19.1 Å². The lowest BCUT2D eigenvalue weighted by molar-refractivity contribution is 0.608. The predicted octanol–water partition coefficient (Wildman–Crippen LogP) is 3.66. The van der Waals surface area contributed by atoms with Gasteiger partial charge < -0.3 is 4.57 Å². The second-order valence-electron chi connectivity index (χ2n) is 7.40. The maximum atomic E-state index is 12.6. The summed E-state index contributed by atoms with van der Waals surface area (Å²) in [5.74, 6) is 0.746. The number of aromatic amines is 1.